The van der Waals surface area contributed by atoms with Crippen LogP contribution in [0.2, 0.25) is 5.02 Å². The number of nitrogens with one attached hydrogen (secondary N) is 2. The van der Waals surface area contributed by atoms with Gasteiger partial charge in [-0.3, -0.25) is 14.6 Å². The lowest BCUT2D eigenvalue weighted by molar-refractivity contribution is -0.121. The summed E-state index contributed by atoms with van der Waals surface area (Å²) in [5.74, 6) is -0.345. The van der Waals surface area contributed by atoms with E-state index in [1.807, 2.05) is 19.1 Å². The molecule has 5 nitrogen and oxygen atoms in total. The monoisotopic (exact) mass is 331 g/mol. The van der Waals surface area contributed by atoms with Crippen molar-refractivity contribution >= 4 is 23.4 Å². The van der Waals surface area contributed by atoms with Crippen molar-refractivity contribution in [2.75, 3.05) is 6.54 Å². The van der Waals surface area contributed by atoms with Gasteiger partial charge in [0.2, 0.25) is 5.91 Å². The van der Waals surface area contributed by atoms with Gasteiger partial charge in [-0.1, -0.05) is 11.6 Å². The lowest BCUT2D eigenvalue weighted by Gasteiger charge is -2.14. The fourth-order valence-electron chi connectivity index (χ4n) is 2.04. The van der Waals surface area contributed by atoms with Crippen LogP contribution in [0.5, 0.6) is 0 Å². The van der Waals surface area contributed by atoms with E-state index in [1.54, 1.807) is 36.7 Å². The van der Waals surface area contributed by atoms with Crippen LogP contribution in [-0.4, -0.2) is 23.3 Å². The molecule has 2 N–H and O–H groups in total. The summed E-state index contributed by atoms with van der Waals surface area (Å²) >= 11 is 5.77. The van der Waals surface area contributed by atoms with Gasteiger partial charge in [-0.2, -0.15) is 0 Å². The molecule has 0 aliphatic heterocycles. The quantitative estimate of drug-likeness (QED) is 0.855. The lowest BCUT2D eigenvalue weighted by Crippen LogP contribution is -2.32. The third-order valence-electron chi connectivity index (χ3n) is 3.33. The molecule has 1 heterocycles. The Morgan fingerprint density at radius 2 is 1.78 bits per heavy atom. The van der Waals surface area contributed by atoms with Gasteiger partial charge in [0.15, 0.2) is 0 Å². The van der Waals surface area contributed by atoms with Crippen molar-refractivity contribution in [3.8, 4) is 0 Å². The molecule has 0 spiro atoms. The minimum absolute atomic E-state index is 0.0996. The number of halogens is 1. The van der Waals surface area contributed by atoms with Crippen LogP contribution in [0.3, 0.4) is 0 Å². The Hall–Kier alpha value is -2.40. The van der Waals surface area contributed by atoms with Crippen molar-refractivity contribution in [2.45, 2.75) is 19.4 Å². The van der Waals surface area contributed by atoms with Gasteiger partial charge >= 0.3 is 0 Å². The number of carbonyl (C=O) groups is 2. The van der Waals surface area contributed by atoms with E-state index in [1.165, 1.54) is 0 Å². The van der Waals surface area contributed by atoms with Crippen molar-refractivity contribution in [1.82, 2.24) is 15.6 Å². The van der Waals surface area contributed by atoms with Crippen molar-refractivity contribution in [3.63, 3.8) is 0 Å². The number of aromatic nitrogens is 1. The van der Waals surface area contributed by atoms with Crippen LogP contribution in [0.25, 0.3) is 0 Å². The van der Waals surface area contributed by atoms with E-state index in [2.05, 4.69) is 15.6 Å². The third kappa shape index (κ3) is 5.38. The van der Waals surface area contributed by atoms with E-state index < -0.39 is 0 Å². The smallest absolute Gasteiger partial charge is 0.251 e. The van der Waals surface area contributed by atoms with E-state index in [0.717, 1.165) is 5.56 Å². The summed E-state index contributed by atoms with van der Waals surface area (Å²) < 4.78 is 0. The van der Waals surface area contributed by atoms with E-state index in [-0.39, 0.29) is 30.8 Å². The van der Waals surface area contributed by atoms with Crippen LogP contribution in [0.4, 0.5) is 0 Å². The molecule has 23 heavy (non-hydrogen) atoms. The minimum Gasteiger partial charge on any atom is -0.352 e. The first-order valence-corrected chi connectivity index (χ1v) is 7.67. The zero-order valence-corrected chi connectivity index (χ0v) is 13.5. The highest BCUT2D eigenvalue weighted by Gasteiger charge is 2.10. The van der Waals surface area contributed by atoms with E-state index in [0.29, 0.717) is 10.6 Å². The maximum absolute atomic E-state index is 11.9. The van der Waals surface area contributed by atoms with Gasteiger partial charge in [-0.15, -0.1) is 0 Å². The summed E-state index contributed by atoms with van der Waals surface area (Å²) in [6.07, 6.45) is 3.59. The van der Waals surface area contributed by atoms with Crippen molar-refractivity contribution < 1.29 is 9.59 Å². The molecule has 1 atom stereocenters. The largest absolute Gasteiger partial charge is 0.352 e. The zero-order valence-electron chi connectivity index (χ0n) is 12.8. The fourth-order valence-corrected chi connectivity index (χ4v) is 2.17. The molecule has 0 saturated heterocycles. The van der Waals surface area contributed by atoms with Crippen LogP contribution in [0, 0.1) is 0 Å². The second-order valence-electron chi connectivity index (χ2n) is 5.08. The molecule has 120 valence electrons. The van der Waals surface area contributed by atoms with E-state index in [4.69, 9.17) is 11.6 Å². The summed E-state index contributed by atoms with van der Waals surface area (Å²) in [6, 6.07) is 10.2. The molecule has 1 unspecified atom stereocenters. The highest BCUT2D eigenvalue weighted by Crippen LogP contribution is 2.10. The number of hydrogen-bond acceptors (Lipinski definition) is 3. The van der Waals surface area contributed by atoms with Gasteiger partial charge in [-0.05, 0) is 48.9 Å². The highest BCUT2D eigenvalue weighted by molar-refractivity contribution is 6.30. The number of carbonyl (C=O) groups excluding carboxylic acids is 2. The van der Waals surface area contributed by atoms with Gasteiger partial charge < -0.3 is 10.6 Å². The average molecular weight is 332 g/mol. The van der Waals surface area contributed by atoms with Gasteiger partial charge in [0, 0.05) is 35.9 Å². The molecule has 0 radical (unpaired) electrons. The number of rotatable bonds is 6. The molecule has 1 aromatic carbocycles. The van der Waals surface area contributed by atoms with Crippen LogP contribution in [-0.2, 0) is 4.79 Å². The first-order chi connectivity index (χ1) is 11.1. The van der Waals surface area contributed by atoms with Gasteiger partial charge in [0.25, 0.3) is 5.91 Å². The SMILES string of the molecule is CC(NC(=O)CCNC(=O)c1ccc(Cl)cc1)c1ccncc1. The maximum Gasteiger partial charge on any atom is 0.251 e. The van der Waals surface area contributed by atoms with Crippen LogP contribution in [0.1, 0.15) is 35.3 Å². The maximum atomic E-state index is 11.9. The van der Waals surface area contributed by atoms with Crippen molar-refractivity contribution in [2.24, 2.45) is 0 Å². The minimum atomic E-state index is -0.225. The molecular weight excluding hydrogens is 314 g/mol. The first-order valence-electron chi connectivity index (χ1n) is 7.29. The van der Waals surface area contributed by atoms with E-state index >= 15 is 0 Å². The normalized spacial score (nSPS) is 11.6. The standard InChI is InChI=1S/C17H18ClN3O2/c1-12(13-6-9-19-10-7-13)21-16(22)8-11-20-17(23)14-2-4-15(18)5-3-14/h2-7,9-10,12H,8,11H2,1H3,(H,20,23)(H,21,22). The summed E-state index contributed by atoms with van der Waals surface area (Å²) in [4.78, 5) is 27.7. The number of amides is 2. The molecule has 6 heteroatoms. The summed E-state index contributed by atoms with van der Waals surface area (Å²) in [6.45, 7) is 2.18. The number of pyridine rings is 1. The van der Waals surface area contributed by atoms with Crippen LogP contribution < -0.4 is 10.6 Å². The molecule has 2 aromatic rings. The van der Waals surface area contributed by atoms with E-state index in [9.17, 15) is 9.59 Å². The third-order valence-corrected chi connectivity index (χ3v) is 3.58. The summed E-state index contributed by atoms with van der Waals surface area (Å²) in [7, 11) is 0. The molecule has 0 bridgehead atoms. The molecule has 2 amide bonds. The second kappa shape index (κ2) is 8.29. The average Bonchev–Trinajstić information content (AvgIpc) is 2.56. The molecule has 0 aliphatic rings. The molecule has 0 aliphatic carbocycles. The van der Waals surface area contributed by atoms with Gasteiger partial charge in [0.1, 0.15) is 0 Å². The number of nitrogens with zero attached hydrogens (tertiary/aromatic N) is 1. The Balaban J connectivity index is 1.74. The Kier molecular flexibility index (Phi) is 6.11. The van der Waals surface area contributed by atoms with Crippen LogP contribution in [0.15, 0.2) is 48.8 Å². The predicted molar refractivity (Wildman–Crippen MR) is 89.2 cm³/mol. The van der Waals surface area contributed by atoms with Crippen LogP contribution >= 0.6 is 11.6 Å². The van der Waals surface area contributed by atoms with Crippen molar-refractivity contribution in [1.29, 1.82) is 0 Å². The Morgan fingerprint density at radius 1 is 1.13 bits per heavy atom. The molecule has 2 rings (SSSR count). The Labute approximate surface area is 140 Å². The molecule has 1 aromatic heterocycles. The molecular formula is C17H18ClN3O2. The second-order valence-corrected chi connectivity index (χ2v) is 5.52. The number of benzene rings is 1. The lowest BCUT2D eigenvalue weighted by atomic mass is 10.1. The number of hydrogen-bond donors (Lipinski definition) is 2. The first kappa shape index (κ1) is 17.0. The summed E-state index contributed by atoms with van der Waals surface area (Å²) in [5, 5.41) is 6.17. The molecule has 0 fully saturated rings. The van der Waals surface area contributed by atoms with Gasteiger partial charge in [-0.25, -0.2) is 0 Å². The highest BCUT2D eigenvalue weighted by atomic mass is 35.5. The van der Waals surface area contributed by atoms with Crippen molar-refractivity contribution in [3.05, 3.63) is 64.9 Å². The Bertz CT molecular complexity index is 659. The predicted octanol–water partition coefficient (Wildman–Crippen LogP) is 2.73. The fraction of sp³-hybridized carbons (Fsp3) is 0.235. The zero-order chi connectivity index (χ0) is 16.7. The Morgan fingerprint density at radius 3 is 2.43 bits per heavy atom. The summed E-state index contributed by atoms with van der Waals surface area (Å²) in [5.41, 5.74) is 1.50. The topological polar surface area (TPSA) is 71.1 Å². The van der Waals surface area contributed by atoms with Gasteiger partial charge in [0.05, 0.1) is 6.04 Å². The molecule has 0 saturated carbocycles.